The summed E-state index contributed by atoms with van der Waals surface area (Å²) in [6.45, 7) is 0.120. The fourth-order valence-corrected chi connectivity index (χ4v) is 2.12. The Morgan fingerprint density at radius 1 is 1.47 bits per heavy atom. The third-order valence-corrected chi connectivity index (χ3v) is 3.28. The molecule has 1 N–H and O–H groups in total. The minimum atomic E-state index is -1.13. The predicted molar refractivity (Wildman–Crippen MR) is 69.0 cm³/mol. The van der Waals surface area contributed by atoms with Gasteiger partial charge in [-0.3, -0.25) is 4.79 Å². The first-order chi connectivity index (χ1) is 8.97. The minimum Gasteiger partial charge on any atom is -0.477 e. The van der Waals surface area contributed by atoms with Crippen molar-refractivity contribution in [2.75, 3.05) is 0 Å². The number of carbonyl (C=O) groups is 2. The van der Waals surface area contributed by atoms with E-state index < -0.39 is 11.8 Å². The molecule has 1 heterocycles. The topological polar surface area (TPSA) is 70.0 Å². The van der Waals surface area contributed by atoms with Crippen LogP contribution in [0.1, 0.15) is 18.4 Å². The Kier molecular flexibility index (Phi) is 3.94. The molecule has 0 saturated heterocycles. The summed E-state index contributed by atoms with van der Waals surface area (Å²) < 4.78 is 13.4. The van der Waals surface area contributed by atoms with Crippen molar-refractivity contribution >= 4 is 33.5 Å². The van der Waals surface area contributed by atoms with Gasteiger partial charge in [-0.1, -0.05) is 6.07 Å². The Morgan fingerprint density at radius 2 is 2.21 bits per heavy atom. The zero-order valence-electron chi connectivity index (χ0n) is 9.77. The van der Waals surface area contributed by atoms with Crippen LogP contribution in [-0.2, 0) is 16.1 Å². The monoisotopic (exact) mass is 328 g/mol. The average molecular weight is 329 g/mol. The second-order valence-electron chi connectivity index (χ2n) is 4.05. The summed E-state index contributed by atoms with van der Waals surface area (Å²) in [4.78, 5) is 22.5. The van der Waals surface area contributed by atoms with Crippen molar-refractivity contribution in [1.29, 1.82) is 0 Å². The van der Waals surface area contributed by atoms with E-state index in [1.807, 2.05) is 0 Å². The molecule has 0 unspecified atom stereocenters. The summed E-state index contributed by atoms with van der Waals surface area (Å²) in [6.07, 6.45) is 0.255. The van der Waals surface area contributed by atoms with Gasteiger partial charge < -0.3 is 5.11 Å². The second kappa shape index (κ2) is 5.48. The van der Waals surface area contributed by atoms with Crippen LogP contribution >= 0.6 is 15.9 Å². The van der Waals surface area contributed by atoms with Crippen LogP contribution in [0.15, 0.2) is 27.8 Å². The molecule has 0 atom stereocenters. The van der Waals surface area contributed by atoms with E-state index in [2.05, 4.69) is 21.0 Å². The Hall–Kier alpha value is -1.76. The number of hydrogen-bond acceptors (Lipinski definition) is 3. The average Bonchev–Trinajstić information content (AvgIpc) is 2.36. The van der Waals surface area contributed by atoms with Crippen LogP contribution in [0.2, 0.25) is 0 Å². The highest BCUT2D eigenvalue weighted by molar-refractivity contribution is 9.10. The molecule has 19 heavy (non-hydrogen) atoms. The molecule has 0 bridgehead atoms. The van der Waals surface area contributed by atoms with Crippen LogP contribution in [0, 0.1) is 5.82 Å². The molecule has 1 amide bonds. The van der Waals surface area contributed by atoms with Gasteiger partial charge in [-0.2, -0.15) is 5.10 Å². The fourth-order valence-electron chi connectivity index (χ4n) is 1.69. The number of nitrogens with zero attached hydrogens (tertiary/aromatic N) is 2. The Bertz CT molecular complexity index is 574. The summed E-state index contributed by atoms with van der Waals surface area (Å²) in [5.41, 5.74) is 0.623. The maximum absolute atomic E-state index is 13.1. The molecule has 0 fully saturated rings. The lowest BCUT2D eigenvalue weighted by Crippen LogP contribution is -2.33. The SMILES string of the molecule is O=C(O)C1=NN(Cc2ccc(F)c(Br)c2)C(=O)CC1. The number of hydrogen-bond donors (Lipinski definition) is 1. The van der Waals surface area contributed by atoms with Crippen molar-refractivity contribution in [2.24, 2.45) is 5.10 Å². The molecule has 0 spiro atoms. The first kappa shape index (κ1) is 13.7. The van der Waals surface area contributed by atoms with Crippen LogP contribution in [0.5, 0.6) is 0 Å². The van der Waals surface area contributed by atoms with Gasteiger partial charge in [-0.05, 0) is 33.6 Å². The minimum absolute atomic E-state index is 0.0409. The molecule has 0 saturated carbocycles. The number of amides is 1. The molecule has 0 aliphatic carbocycles. The second-order valence-corrected chi connectivity index (χ2v) is 4.91. The van der Waals surface area contributed by atoms with Gasteiger partial charge in [0.05, 0.1) is 11.0 Å². The molecule has 7 heteroatoms. The summed E-state index contributed by atoms with van der Waals surface area (Å²) in [6, 6.07) is 4.33. The van der Waals surface area contributed by atoms with E-state index in [4.69, 9.17) is 5.11 Å². The van der Waals surface area contributed by atoms with E-state index in [-0.39, 0.29) is 35.5 Å². The molecule has 100 valence electrons. The lowest BCUT2D eigenvalue weighted by Gasteiger charge is -2.22. The lowest BCUT2D eigenvalue weighted by molar-refractivity contribution is -0.133. The first-order valence-corrected chi connectivity index (χ1v) is 6.31. The smallest absolute Gasteiger partial charge is 0.352 e. The van der Waals surface area contributed by atoms with E-state index in [1.165, 1.54) is 18.2 Å². The van der Waals surface area contributed by atoms with E-state index in [0.29, 0.717) is 5.56 Å². The van der Waals surface area contributed by atoms with Gasteiger partial charge in [0.1, 0.15) is 11.5 Å². The highest BCUT2D eigenvalue weighted by Gasteiger charge is 2.24. The van der Waals surface area contributed by atoms with E-state index in [0.717, 1.165) is 5.01 Å². The van der Waals surface area contributed by atoms with E-state index >= 15 is 0 Å². The number of aliphatic carboxylic acids is 1. The summed E-state index contributed by atoms with van der Waals surface area (Å²) >= 11 is 3.05. The fraction of sp³-hybridized carbons (Fsp3) is 0.250. The largest absolute Gasteiger partial charge is 0.477 e. The Balaban J connectivity index is 2.20. The zero-order valence-corrected chi connectivity index (χ0v) is 11.4. The van der Waals surface area contributed by atoms with Crippen molar-refractivity contribution < 1.29 is 19.1 Å². The zero-order chi connectivity index (χ0) is 14.0. The molecule has 0 aromatic heterocycles. The van der Waals surface area contributed by atoms with Crippen molar-refractivity contribution in [3.05, 3.63) is 34.1 Å². The number of hydrazone groups is 1. The van der Waals surface area contributed by atoms with E-state index in [9.17, 15) is 14.0 Å². The van der Waals surface area contributed by atoms with Gasteiger partial charge in [-0.15, -0.1) is 0 Å². The molecule has 1 aliphatic rings. The number of carboxylic acid groups (broad SMARTS) is 1. The first-order valence-electron chi connectivity index (χ1n) is 5.52. The van der Waals surface area contributed by atoms with Gasteiger partial charge >= 0.3 is 5.97 Å². The maximum Gasteiger partial charge on any atom is 0.352 e. The number of carboxylic acids is 1. The van der Waals surface area contributed by atoms with Crippen LogP contribution < -0.4 is 0 Å². The van der Waals surface area contributed by atoms with Crippen molar-refractivity contribution in [1.82, 2.24) is 5.01 Å². The quantitative estimate of drug-likeness (QED) is 0.924. The van der Waals surface area contributed by atoms with Gasteiger partial charge in [-0.25, -0.2) is 14.2 Å². The summed E-state index contributed by atoms with van der Waals surface area (Å²) in [5.74, 6) is -1.77. The summed E-state index contributed by atoms with van der Waals surface area (Å²) in [5, 5.41) is 13.8. The summed E-state index contributed by atoms with van der Waals surface area (Å²) in [7, 11) is 0. The lowest BCUT2D eigenvalue weighted by atomic mass is 10.1. The predicted octanol–water partition coefficient (Wildman–Crippen LogP) is 2.15. The van der Waals surface area contributed by atoms with Gasteiger partial charge in [0.25, 0.3) is 0 Å². The molecule has 1 aliphatic heterocycles. The third kappa shape index (κ3) is 3.17. The van der Waals surface area contributed by atoms with Gasteiger partial charge in [0.2, 0.25) is 5.91 Å². The molecular formula is C12H10BrFN2O3. The maximum atomic E-state index is 13.1. The third-order valence-electron chi connectivity index (χ3n) is 2.67. The van der Waals surface area contributed by atoms with Gasteiger partial charge in [0, 0.05) is 12.8 Å². The normalized spacial score (nSPS) is 15.4. The van der Waals surface area contributed by atoms with Gasteiger partial charge in [0.15, 0.2) is 0 Å². The molecule has 5 nitrogen and oxygen atoms in total. The molecule has 0 radical (unpaired) electrons. The van der Waals surface area contributed by atoms with Crippen LogP contribution in [0.4, 0.5) is 4.39 Å². The molecule has 1 aromatic carbocycles. The van der Waals surface area contributed by atoms with Crippen molar-refractivity contribution in [3.63, 3.8) is 0 Å². The molecule has 2 rings (SSSR count). The molecule has 1 aromatic rings. The highest BCUT2D eigenvalue weighted by atomic mass is 79.9. The number of carbonyl (C=O) groups excluding carboxylic acids is 1. The van der Waals surface area contributed by atoms with Crippen LogP contribution in [-0.4, -0.2) is 27.7 Å². The number of rotatable bonds is 3. The number of halogens is 2. The van der Waals surface area contributed by atoms with Crippen molar-refractivity contribution in [2.45, 2.75) is 19.4 Å². The Morgan fingerprint density at radius 3 is 2.84 bits per heavy atom. The van der Waals surface area contributed by atoms with Crippen LogP contribution in [0.25, 0.3) is 0 Å². The standard InChI is InChI=1S/C12H10BrFN2O3/c13-8-5-7(1-2-9(8)14)6-16-11(17)4-3-10(15-16)12(18)19/h1-2,5H,3-4,6H2,(H,18,19). The Labute approximate surface area is 116 Å². The van der Waals surface area contributed by atoms with Crippen LogP contribution in [0.3, 0.4) is 0 Å². The number of benzene rings is 1. The van der Waals surface area contributed by atoms with E-state index in [1.54, 1.807) is 0 Å². The van der Waals surface area contributed by atoms with Crippen molar-refractivity contribution in [3.8, 4) is 0 Å². The highest BCUT2D eigenvalue weighted by Crippen LogP contribution is 2.19. The molecular weight excluding hydrogens is 319 g/mol.